The number of aromatic nitrogens is 2. The van der Waals surface area contributed by atoms with E-state index < -0.39 is 5.25 Å². The Balaban J connectivity index is 1.81. The van der Waals surface area contributed by atoms with Crippen LogP contribution in [0.15, 0.2) is 47.5 Å². The zero-order valence-corrected chi connectivity index (χ0v) is 17.0. The molecule has 1 aromatic carbocycles. The van der Waals surface area contributed by atoms with Gasteiger partial charge < -0.3 is 5.32 Å². The van der Waals surface area contributed by atoms with Gasteiger partial charge in [0.1, 0.15) is 11.1 Å². The second-order valence-corrected chi connectivity index (χ2v) is 7.92. The number of anilines is 1. The van der Waals surface area contributed by atoms with Gasteiger partial charge in [-0.05, 0) is 44.5 Å². The lowest BCUT2D eigenvalue weighted by Crippen LogP contribution is -2.23. The number of thioether (sulfide) groups is 1. The molecule has 0 spiro atoms. The summed E-state index contributed by atoms with van der Waals surface area (Å²) < 4.78 is 0. The predicted octanol–water partition coefficient (Wildman–Crippen LogP) is 4.88. The second-order valence-electron chi connectivity index (χ2n) is 6.59. The van der Waals surface area contributed by atoms with E-state index in [0.29, 0.717) is 10.6 Å². The summed E-state index contributed by atoms with van der Waals surface area (Å²) in [7, 11) is 0. The van der Waals surface area contributed by atoms with E-state index in [4.69, 9.17) is 0 Å². The average molecular weight is 391 g/mol. The van der Waals surface area contributed by atoms with E-state index >= 15 is 0 Å². The molecule has 0 saturated heterocycles. The van der Waals surface area contributed by atoms with Gasteiger partial charge >= 0.3 is 0 Å². The van der Waals surface area contributed by atoms with Crippen molar-refractivity contribution in [3.8, 4) is 6.07 Å². The molecule has 1 amide bonds. The van der Waals surface area contributed by atoms with Crippen molar-refractivity contribution in [2.75, 3.05) is 5.32 Å². The average Bonchev–Trinajstić information content (AvgIpc) is 2.68. The van der Waals surface area contributed by atoms with Crippen molar-refractivity contribution in [3.63, 3.8) is 0 Å². The third-order valence-electron chi connectivity index (χ3n) is 4.30. The van der Waals surface area contributed by atoms with Crippen molar-refractivity contribution in [2.24, 2.45) is 0 Å². The molecule has 3 aromatic rings. The van der Waals surface area contributed by atoms with Crippen molar-refractivity contribution in [2.45, 2.75) is 43.9 Å². The Labute approximate surface area is 169 Å². The lowest BCUT2D eigenvalue weighted by atomic mass is 10.1. The fraction of sp³-hybridized carbons (Fsp3) is 0.273. The summed E-state index contributed by atoms with van der Waals surface area (Å²) in [5, 5.41) is 13.5. The van der Waals surface area contributed by atoms with Crippen LogP contribution in [-0.4, -0.2) is 21.1 Å². The largest absolute Gasteiger partial charge is 0.324 e. The number of carbonyl (C=O) groups is 1. The Morgan fingerprint density at radius 3 is 2.79 bits per heavy atom. The monoisotopic (exact) mass is 390 g/mol. The SMILES string of the molecule is CCCc1ccc(C#N)c(SC(C)C(=O)Nc2cc(C)nc3ccccc23)n1. The Kier molecular flexibility index (Phi) is 6.27. The van der Waals surface area contributed by atoms with Crippen LogP contribution >= 0.6 is 11.8 Å². The lowest BCUT2D eigenvalue weighted by Gasteiger charge is -2.14. The minimum absolute atomic E-state index is 0.132. The number of benzene rings is 1. The number of amides is 1. The van der Waals surface area contributed by atoms with E-state index in [0.717, 1.165) is 40.8 Å². The van der Waals surface area contributed by atoms with Crippen LogP contribution in [0.5, 0.6) is 0 Å². The van der Waals surface area contributed by atoms with Gasteiger partial charge in [-0.25, -0.2) is 4.98 Å². The van der Waals surface area contributed by atoms with Crippen molar-refractivity contribution in [1.82, 2.24) is 9.97 Å². The molecule has 2 aromatic heterocycles. The molecule has 0 bridgehead atoms. The van der Waals surface area contributed by atoms with Crippen molar-refractivity contribution >= 4 is 34.3 Å². The number of hydrogen-bond acceptors (Lipinski definition) is 5. The molecule has 1 N–H and O–H groups in total. The number of para-hydroxylation sites is 1. The number of aryl methyl sites for hydroxylation is 2. The lowest BCUT2D eigenvalue weighted by molar-refractivity contribution is -0.115. The maximum atomic E-state index is 12.8. The standard InChI is InChI=1S/C22H22N4OS/c1-4-7-17-11-10-16(13-23)22(25-17)28-15(3)21(27)26-20-12-14(2)24-19-9-6-5-8-18(19)20/h5-6,8-12,15H,4,7H2,1-3H3,(H,24,26,27). The minimum atomic E-state index is -0.399. The van der Waals surface area contributed by atoms with Crippen LogP contribution < -0.4 is 5.32 Å². The molecular weight excluding hydrogens is 368 g/mol. The highest BCUT2D eigenvalue weighted by Crippen LogP contribution is 2.28. The van der Waals surface area contributed by atoms with E-state index in [1.807, 2.05) is 50.2 Å². The van der Waals surface area contributed by atoms with E-state index in [2.05, 4.69) is 28.3 Å². The van der Waals surface area contributed by atoms with Crippen LogP contribution in [0, 0.1) is 18.3 Å². The second kappa shape index (κ2) is 8.85. The Hall–Kier alpha value is -2.91. The molecule has 142 valence electrons. The molecule has 0 radical (unpaired) electrons. The summed E-state index contributed by atoms with van der Waals surface area (Å²) in [6.07, 6.45) is 1.83. The van der Waals surface area contributed by atoms with Crippen molar-refractivity contribution in [3.05, 3.63) is 59.4 Å². The van der Waals surface area contributed by atoms with Crippen LogP contribution in [0.3, 0.4) is 0 Å². The number of nitrogens with zero attached hydrogens (tertiary/aromatic N) is 3. The van der Waals surface area contributed by atoms with Gasteiger partial charge in [0, 0.05) is 16.8 Å². The summed E-state index contributed by atoms with van der Waals surface area (Å²) >= 11 is 1.31. The number of carbonyl (C=O) groups excluding carboxylic acids is 1. The molecule has 1 atom stereocenters. The first-order chi connectivity index (χ1) is 13.5. The van der Waals surface area contributed by atoms with E-state index in [9.17, 15) is 10.1 Å². The van der Waals surface area contributed by atoms with E-state index in [1.165, 1.54) is 11.8 Å². The van der Waals surface area contributed by atoms with Gasteiger partial charge in [-0.15, -0.1) is 0 Å². The highest BCUT2D eigenvalue weighted by Gasteiger charge is 2.19. The molecule has 0 aliphatic rings. The molecule has 0 aliphatic carbocycles. The van der Waals surface area contributed by atoms with Crippen molar-refractivity contribution in [1.29, 1.82) is 5.26 Å². The molecule has 5 nitrogen and oxygen atoms in total. The van der Waals surface area contributed by atoms with Gasteiger partial charge in [-0.2, -0.15) is 5.26 Å². The molecular formula is C22H22N4OS. The molecule has 3 rings (SSSR count). The van der Waals surface area contributed by atoms with Crippen molar-refractivity contribution < 1.29 is 4.79 Å². The fourth-order valence-corrected chi connectivity index (χ4v) is 3.83. The first-order valence-corrected chi connectivity index (χ1v) is 10.1. The zero-order chi connectivity index (χ0) is 20.1. The van der Waals surface area contributed by atoms with Crippen LogP contribution in [-0.2, 0) is 11.2 Å². The maximum Gasteiger partial charge on any atom is 0.237 e. The van der Waals surface area contributed by atoms with Gasteiger partial charge in [0.15, 0.2) is 0 Å². The summed E-state index contributed by atoms with van der Waals surface area (Å²) in [5.41, 5.74) is 3.87. The highest BCUT2D eigenvalue weighted by atomic mass is 32.2. The number of nitrogens with one attached hydrogen (secondary N) is 1. The Bertz CT molecular complexity index is 1060. The minimum Gasteiger partial charge on any atom is -0.324 e. The van der Waals surface area contributed by atoms with Gasteiger partial charge in [0.2, 0.25) is 5.91 Å². The molecule has 0 aliphatic heterocycles. The number of fused-ring (bicyclic) bond motifs is 1. The van der Waals surface area contributed by atoms with Crippen LogP contribution in [0.4, 0.5) is 5.69 Å². The Morgan fingerprint density at radius 1 is 1.25 bits per heavy atom. The fourth-order valence-electron chi connectivity index (χ4n) is 2.92. The summed E-state index contributed by atoms with van der Waals surface area (Å²) in [6.45, 7) is 5.82. The van der Waals surface area contributed by atoms with Crippen LogP contribution in [0.2, 0.25) is 0 Å². The number of rotatable bonds is 6. The third kappa shape index (κ3) is 4.49. The van der Waals surface area contributed by atoms with Gasteiger partial charge in [-0.3, -0.25) is 9.78 Å². The maximum absolute atomic E-state index is 12.8. The Morgan fingerprint density at radius 2 is 2.04 bits per heavy atom. The molecule has 28 heavy (non-hydrogen) atoms. The molecule has 6 heteroatoms. The highest BCUT2D eigenvalue weighted by molar-refractivity contribution is 8.00. The topological polar surface area (TPSA) is 78.7 Å². The van der Waals surface area contributed by atoms with Crippen LogP contribution in [0.1, 0.15) is 37.2 Å². The summed E-state index contributed by atoms with van der Waals surface area (Å²) in [5.74, 6) is -0.132. The number of pyridine rings is 2. The molecule has 0 fully saturated rings. The van der Waals surface area contributed by atoms with E-state index in [-0.39, 0.29) is 5.91 Å². The van der Waals surface area contributed by atoms with Gasteiger partial charge in [0.25, 0.3) is 0 Å². The number of nitriles is 1. The predicted molar refractivity (Wildman–Crippen MR) is 113 cm³/mol. The van der Waals surface area contributed by atoms with Gasteiger partial charge in [0.05, 0.1) is 22.0 Å². The zero-order valence-electron chi connectivity index (χ0n) is 16.2. The number of hydrogen-bond donors (Lipinski definition) is 1. The van der Waals surface area contributed by atoms with Gasteiger partial charge in [-0.1, -0.05) is 43.3 Å². The summed E-state index contributed by atoms with van der Waals surface area (Å²) in [6, 6.07) is 15.4. The first-order valence-electron chi connectivity index (χ1n) is 9.25. The third-order valence-corrected chi connectivity index (χ3v) is 5.41. The normalized spacial score (nSPS) is 11.8. The quantitative estimate of drug-likeness (QED) is 0.607. The van der Waals surface area contributed by atoms with Crippen LogP contribution in [0.25, 0.3) is 10.9 Å². The molecule has 2 heterocycles. The van der Waals surface area contributed by atoms with E-state index in [1.54, 1.807) is 6.07 Å². The molecule has 1 unspecified atom stereocenters. The summed E-state index contributed by atoms with van der Waals surface area (Å²) in [4.78, 5) is 21.9. The smallest absolute Gasteiger partial charge is 0.237 e. The first kappa shape index (κ1) is 19.8. The molecule has 0 saturated carbocycles.